The molecule has 35 heavy (non-hydrogen) atoms. The van der Waals surface area contributed by atoms with E-state index in [-0.39, 0.29) is 30.5 Å². The number of carboxylic acids is 1. The van der Waals surface area contributed by atoms with Gasteiger partial charge in [0.25, 0.3) is 5.91 Å². The molecule has 4 rings (SSSR count). The van der Waals surface area contributed by atoms with E-state index in [4.69, 9.17) is 14.0 Å². The van der Waals surface area contributed by atoms with Crippen molar-refractivity contribution < 1.29 is 33.5 Å². The van der Waals surface area contributed by atoms with E-state index in [9.17, 15) is 19.5 Å². The third-order valence-corrected chi connectivity index (χ3v) is 5.94. The summed E-state index contributed by atoms with van der Waals surface area (Å²) in [5.41, 5.74) is 4.36. The first kappa shape index (κ1) is 24.0. The molecule has 10 nitrogen and oxygen atoms in total. The highest BCUT2D eigenvalue weighted by molar-refractivity contribution is 5.95. The monoisotopic (exact) mass is 479 g/mol. The van der Waals surface area contributed by atoms with Crippen molar-refractivity contribution in [3.05, 3.63) is 77.2 Å². The largest absolute Gasteiger partial charge is 0.480 e. The number of carbonyl (C=O) groups excluding carboxylic acids is 2. The zero-order chi connectivity index (χ0) is 24.9. The molecule has 0 bridgehead atoms. The topological polar surface area (TPSA) is 140 Å². The van der Waals surface area contributed by atoms with Gasteiger partial charge in [-0.25, -0.2) is 9.59 Å². The van der Waals surface area contributed by atoms with Crippen molar-refractivity contribution in [1.82, 2.24) is 15.8 Å². The summed E-state index contributed by atoms with van der Waals surface area (Å²) < 4.78 is 15.5. The van der Waals surface area contributed by atoms with Crippen LogP contribution in [0.4, 0.5) is 4.79 Å². The van der Waals surface area contributed by atoms with Gasteiger partial charge in [0.15, 0.2) is 17.5 Å². The summed E-state index contributed by atoms with van der Waals surface area (Å²) in [6.45, 7) is 1.62. The van der Waals surface area contributed by atoms with Gasteiger partial charge in [-0.2, -0.15) is 0 Å². The second-order valence-electron chi connectivity index (χ2n) is 8.09. The molecule has 0 aliphatic heterocycles. The van der Waals surface area contributed by atoms with Crippen molar-refractivity contribution in [1.29, 1.82) is 0 Å². The van der Waals surface area contributed by atoms with Crippen molar-refractivity contribution >= 4 is 18.0 Å². The molecule has 1 aromatic heterocycles. The number of nitrogens with zero attached hydrogens (tertiary/aromatic N) is 1. The number of aromatic nitrogens is 1. The molecule has 0 fully saturated rings. The standard InChI is InChI=1S/C25H25N3O7/c1-14(33-2)22(24(30)31)27-23(29)21-11-15(35-28-21)12-26-25(32)34-13-20-18-9-5-3-7-16(18)17-8-4-6-10-19(17)20/h3-11,14,20,22H,12-13H2,1-2H3,(H,26,32)(H,27,29)(H,30,31)/t14-,22+/m1/s1. The lowest BCUT2D eigenvalue weighted by Crippen LogP contribution is -2.48. The first-order chi connectivity index (χ1) is 16.9. The van der Waals surface area contributed by atoms with E-state index in [0.29, 0.717) is 0 Å². The maximum atomic E-state index is 12.3. The minimum atomic E-state index is -1.26. The second kappa shape index (κ2) is 10.4. The van der Waals surface area contributed by atoms with Gasteiger partial charge in [-0.15, -0.1) is 0 Å². The second-order valence-corrected chi connectivity index (χ2v) is 8.09. The molecule has 3 aromatic rings. The first-order valence-electron chi connectivity index (χ1n) is 11.0. The smallest absolute Gasteiger partial charge is 0.407 e. The normalized spacial score (nSPS) is 13.9. The number of alkyl carbamates (subject to hydrolysis) is 1. The predicted molar refractivity (Wildman–Crippen MR) is 124 cm³/mol. The van der Waals surface area contributed by atoms with Gasteiger partial charge < -0.3 is 29.7 Å². The van der Waals surface area contributed by atoms with E-state index in [1.54, 1.807) is 0 Å². The molecular weight excluding hydrogens is 454 g/mol. The number of rotatable bonds is 9. The lowest BCUT2D eigenvalue weighted by atomic mass is 9.98. The van der Waals surface area contributed by atoms with Gasteiger partial charge in [0.05, 0.1) is 12.6 Å². The number of hydrogen-bond donors (Lipinski definition) is 3. The van der Waals surface area contributed by atoms with Gasteiger partial charge in [-0.3, -0.25) is 4.79 Å². The van der Waals surface area contributed by atoms with E-state index >= 15 is 0 Å². The summed E-state index contributed by atoms with van der Waals surface area (Å²) in [6, 6.07) is 16.1. The van der Waals surface area contributed by atoms with Crippen LogP contribution < -0.4 is 10.6 Å². The summed E-state index contributed by atoms with van der Waals surface area (Å²) in [6.07, 6.45) is -1.40. The lowest BCUT2D eigenvalue weighted by Gasteiger charge is -2.19. The number of carbonyl (C=O) groups is 3. The predicted octanol–water partition coefficient (Wildman–Crippen LogP) is 2.93. The Hall–Kier alpha value is -4.18. The van der Waals surface area contributed by atoms with Crippen LogP contribution >= 0.6 is 0 Å². The van der Waals surface area contributed by atoms with E-state index in [2.05, 4.69) is 27.9 Å². The molecule has 2 amide bonds. The van der Waals surface area contributed by atoms with Crippen LogP contribution in [0.2, 0.25) is 0 Å². The first-order valence-corrected chi connectivity index (χ1v) is 11.0. The molecule has 1 aliphatic rings. The number of hydrogen-bond acceptors (Lipinski definition) is 7. The molecule has 0 radical (unpaired) electrons. The molecule has 3 N–H and O–H groups in total. The van der Waals surface area contributed by atoms with Crippen LogP contribution in [0.15, 0.2) is 59.1 Å². The zero-order valence-electron chi connectivity index (χ0n) is 19.2. The van der Waals surface area contributed by atoms with Crippen molar-refractivity contribution in [2.24, 2.45) is 0 Å². The molecule has 2 aromatic carbocycles. The Morgan fingerprint density at radius 3 is 2.31 bits per heavy atom. The third kappa shape index (κ3) is 5.17. The minimum absolute atomic E-state index is 0.0617. The summed E-state index contributed by atoms with van der Waals surface area (Å²) in [5, 5.41) is 17.8. The van der Waals surface area contributed by atoms with Crippen LogP contribution in [0.5, 0.6) is 0 Å². The molecule has 1 heterocycles. The Kier molecular flexibility index (Phi) is 7.11. The van der Waals surface area contributed by atoms with E-state index in [0.717, 1.165) is 22.3 Å². The van der Waals surface area contributed by atoms with Crippen molar-refractivity contribution in [3.63, 3.8) is 0 Å². The molecule has 1 aliphatic carbocycles. The van der Waals surface area contributed by atoms with Gasteiger partial charge in [-0.1, -0.05) is 53.7 Å². The zero-order valence-corrected chi connectivity index (χ0v) is 19.2. The van der Waals surface area contributed by atoms with Crippen LogP contribution in [0.3, 0.4) is 0 Å². The molecule has 182 valence electrons. The quantitative estimate of drug-likeness (QED) is 0.426. The Morgan fingerprint density at radius 2 is 1.71 bits per heavy atom. The highest BCUT2D eigenvalue weighted by atomic mass is 16.5. The number of benzene rings is 2. The fourth-order valence-electron chi connectivity index (χ4n) is 4.04. The number of methoxy groups -OCH3 is 1. The molecule has 0 saturated heterocycles. The van der Waals surface area contributed by atoms with Crippen LogP contribution in [-0.4, -0.2) is 54.1 Å². The summed E-state index contributed by atoms with van der Waals surface area (Å²) in [7, 11) is 1.34. The number of fused-ring (bicyclic) bond motifs is 3. The highest BCUT2D eigenvalue weighted by Crippen LogP contribution is 2.44. The minimum Gasteiger partial charge on any atom is -0.480 e. The Labute approximate surface area is 201 Å². The maximum Gasteiger partial charge on any atom is 0.407 e. The molecule has 0 spiro atoms. The molecule has 2 atom stereocenters. The molecule has 0 saturated carbocycles. The summed E-state index contributed by atoms with van der Waals surface area (Å²) in [4.78, 5) is 36.0. The third-order valence-electron chi connectivity index (χ3n) is 5.94. The van der Waals surface area contributed by atoms with Gasteiger partial charge in [0.2, 0.25) is 0 Å². The SMILES string of the molecule is CO[C@H](C)[C@H](NC(=O)c1cc(CNC(=O)OCC2c3ccccc3-c3ccccc32)on1)C(=O)O. The Morgan fingerprint density at radius 1 is 1.09 bits per heavy atom. The average Bonchev–Trinajstić information content (AvgIpc) is 3.47. The van der Waals surface area contributed by atoms with Crippen LogP contribution in [0.1, 0.15) is 40.2 Å². The van der Waals surface area contributed by atoms with Gasteiger partial charge in [0, 0.05) is 19.1 Å². The van der Waals surface area contributed by atoms with E-state index in [1.165, 1.54) is 20.1 Å². The number of carboxylic acid groups (broad SMARTS) is 1. The van der Waals surface area contributed by atoms with Gasteiger partial charge >= 0.3 is 12.1 Å². The summed E-state index contributed by atoms with van der Waals surface area (Å²) >= 11 is 0. The average molecular weight is 479 g/mol. The van der Waals surface area contributed by atoms with Crippen LogP contribution in [-0.2, 0) is 20.8 Å². The molecule has 10 heteroatoms. The van der Waals surface area contributed by atoms with Crippen LogP contribution in [0.25, 0.3) is 11.1 Å². The Balaban J connectivity index is 1.31. The summed E-state index contributed by atoms with van der Waals surface area (Å²) in [5.74, 6) is -1.84. The number of ether oxygens (including phenoxy) is 2. The Bertz CT molecular complexity index is 1190. The highest BCUT2D eigenvalue weighted by Gasteiger charge is 2.30. The van der Waals surface area contributed by atoms with Gasteiger partial charge in [-0.05, 0) is 29.2 Å². The maximum absolute atomic E-state index is 12.3. The van der Waals surface area contributed by atoms with Crippen molar-refractivity contribution in [2.45, 2.75) is 31.5 Å². The fraction of sp³-hybridized carbons (Fsp3) is 0.280. The van der Waals surface area contributed by atoms with Crippen molar-refractivity contribution in [2.75, 3.05) is 13.7 Å². The number of aliphatic carboxylic acids is 1. The van der Waals surface area contributed by atoms with E-state index < -0.39 is 30.1 Å². The number of nitrogens with one attached hydrogen (secondary N) is 2. The fourth-order valence-corrected chi connectivity index (χ4v) is 4.04. The van der Waals surface area contributed by atoms with Crippen molar-refractivity contribution in [3.8, 4) is 11.1 Å². The van der Waals surface area contributed by atoms with Gasteiger partial charge in [0.1, 0.15) is 6.61 Å². The molecule has 0 unspecified atom stereocenters. The molecular formula is C25H25N3O7. The van der Waals surface area contributed by atoms with Crippen LogP contribution in [0, 0.1) is 0 Å². The number of amides is 2. The van der Waals surface area contributed by atoms with E-state index in [1.807, 2.05) is 36.4 Å². The lowest BCUT2D eigenvalue weighted by molar-refractivity contribution is -0.142.